The van der Waals surface area contributed by atoms with Crippen molar-refractivity contribution in [1.29, 1.82) is 0 Å². The van der Waals surface area contributed by atoms with Crippen molar-refractivity contribution in [3.8, 4) is 23.8 Å². The first-order valence-electron chi connectivity index (χ1n) is 11.3. The third-order valence-electron chi connectivity index (χ3n) is 4.98. The van der Waals surface area contributed by atoms with Crippen LogP contribution in [0.1, 0.15) is 59.2 Å². The molecule has 0 atom stereocenters. The van der Waals surface area contributed by atoms with Crippen molar-refractivity contribution >= 4 is 5.97 Å². The number of benzene rings is 2. The molecule has 0 radical (unpaired) electrons. The zero-order valence-electron chi connectivity index (χ0n) is 19.9. The number of unbranched alkanes of at least 4 members (excludes halogenated alkanes) is 3. The normalized spacial score (nSPS) is 11.5. The van der Waals surface area contributed by atoms with Gasteiger partial charge in [0.05, 0.1) is 24.3 Å². The Morgan fingerprint density at radius 1 is 0.919 bits per heavy atom. The molecule has 0 aliphatic rings. The van der Waals surface area contributed by atoms with Crippen molar-refractivity contribution in [2.45, 2.75) is 51.1 Å². The SMILES string of the molecule is C#CCCCOc1ccc(OCCCCC=C)c(C(=O)OCc2cc(C(F)(F)F)cc(C(F)(F)F)c2)c1. The lowest BCUT2D eigenvalue weighted by Crippen LogP contribution is -2.13. The number of ether oxygens (including phenoxy) is 3. The van der Waals surface area contributed by atoms with E-state index in [-0.39, 0.29) is 30.6 Å². The molecule has 0 spiro atoms. The van der Waals surface area contributed by atoms with Gasteiger partial charge in [-0.15, -0.1) is 18.9 Å². The second-order valence-electron chi connectivity index (χ2n) is 7.94. The predicted molar refractivity (Wildman–Crippen MR) is 125 cm³/mol. The summed E-state index contributed by atoms with van der Waals surface area (Å²) in [6.07, 6.45) is 0.217. The van der Waals surface area contributed by atoms with Gasteiger partial charge in [-0.05, 0) is 67.6 Å². The van der Waals surface area contributed by atoms with E-state index in [9.17, 15) is 31.1 Å². The summed E-state index contributed by atoms with van der Waals surface area (Å²) >= 11 is 0. The van der Waals surface area contributed by atoms with Gasteiger partial charge in [0.15, 0.2) is 0 Å². The zero-order chi connectivity index (χ0) is 27.5. The first-order valence-corrected chi connectivity index (χ1v) is 11.3. The number of carbonyl (C=O) groups excluding carboxylic acids is 1. The minimum atomic E-state index is -5.02. The van der Waals surface area contributed by atoms with Crippen molar-refractivity contribution in [2.75, 3.05) is 13.2 Å². The maximum absolute atomic E-state index is 13.1. The van der Waals surface area contributed by atoms with E-state index >= 15 is 0 Å². The molecule has 4 nitrogen and oxygen atoms in total. The van der Waals surface area contributed by atoms with Crippen LogP contribution in [0.5, 0.6) is 11.5 Å². The second kappa shape index (κ2) is 13.6. The lowest BCUT2D eigenvalue weighted by Gasteiger charge is -2.15. The molecule has 0 heterocycles. The number of allylic oxidation sites excluding steroid dienone is 1. The highest BCUT2D eigenvalue weighted by atomic mass is 19.4. The number of hydrogen-bond donors (Lipinski definition) is 0. The molecule has 0 bridgehead atoms. The van der Waals surface area contributed by atoms with Crippen molar-refractivity contribution in [3.05, 3.63) is 71.3 Å². The number of terminal acetylenes is 1. The van der Waals surface area contributed by atoms with Gasteiger partial charge in [0.1, 0.15) is 23.7 Å². The molecule has 0 aliphatic heterocycles. The number of halogens is 6. The molecule has 200 valence electrons. The van der Waals surface area contributed by atoms with E-state index < -0.39 is 41.6 Å². The fraction of sp³-hybridized carbons (Fsp3) is 0.370. The van der Waals surface area contributed by atoms with Crippen LogP contribution in [0.15, 0.2) is 49.1 Å². The molecule has 2 aromatic carbocycles. The highest BCUT2D eigenvalue weighted by Crippen LogP contribution is 2.36. The van der Waals surface area contributed by atoms with E-state index in [1.54, 1.807) is 12.1 Å². The third-order valence-corrected chi connectivity index (χ3v) is 4.98. The quantitative estimate of drug-likeness (QED) is 0.0883. The lowest BCUT2D eigenvalue weighted by molar-refractivity contribution is -0.143. The van der Waals surface area contributed by atoms with Crippen LogP contribution in [-0.2, 0) is 23.7 Å². The van der Waals surface area contributed by atoms with Crippen molar-refractivity contribution in [3.63, 3.8) is 0 Å². The van der Waals surface area contributed by atoms with Crippen LogP contribution < -0.4 is 9.47 Å². The van der Waals surface area contributed by atoms with Gasteiger partial charge in [0, 0.05) is 6.42 Å². The summed E-state index contributed by atoms with van der Waals surface area (Å²) in [7, 11) is 0. The Labute approximate surface area is 211 Å². The van der Waals surface area contributed by atoms with Crippen LogP contribution in [-0.4, -0.2) is 19.2 Å². The minimum Gasteiger partial charge on any atom is -0.494 e. The molecule has 0 saturated heterocycles. The summed E-state index contributed by atoms with van der Waals surface area (Å²) in [5.41, 5.74) is -3.55. The number of hydrogen-bond acceptors (Lipinski definition) is 4. The van der Waals surface area contributed by atoms with Gasteiger partial charge in [-0.3, -0.25) is 0 Å². The summed E-state index contributed by atoms with van der Waals surface area (Å²) in [5, 5.41) is 0. The molecule has 2 rings (SSSR count). The van der Waals surface area contributed by atoms with Crippen LogP contribution in [0, 0.1) is 12.3 Å². The Bertz CT molecular complexity index is 1070. The largest absolute Gasteiger partial charge is 0.494 e. The molecule has 37 heavy (non-hydrogen) atoms. The molecule has 0 aliphatic carbocycles. The summed E-state index contributed by atoms with van der Waals surface area (Å²) in [4.78, 5) is 12.8. The molecular weight excluding hydrogens is 502 g/mol. The van der Waals surface area contributed by atoms with Gasteiger partial charge in [0.25, 0.3) is 0 Å². The molecular formula is C27H26F6O4. The molecule has 0 aromatic heterocycles. The predicted octanol–water partition coefficient (Wildman–Crippen LogP) is 7.61. The van der Waals surface area contributed by atoms with Gasteiger partial charge in [0.2, 0.25) is 0 Å². The average Bonchev–Trinajstić information content (AvgIpc) is 2.84. The molecule has 0 saturated carbocycles. The third kappa shape index (κ3) is 9.75. The molecule has 0 unspecified atom stereocenters. The number of esters is 1. The second-order valence-corrected chi connectivity index (χ2v) is 7.94. The fourth-order valence-electron chi connectivity index (χ4n) is 3.15. The summed E-state index contributed by atoms with van der Waals surface area (Å²) in [6, 6.07) is 5.39. The lowest BCUT2D eigenvalue weighted by atomic mass is 10.1. The number of rotatable bonds is 13. The number of alkyl halides is 6. The van der Waals surface area contributed by atoms with Crippen molar-refractivity contribution in [1.82, 2.24) is 0 Å². The summed E-state index contributed by atoms with van der Waals surface area (Å²) in [6.45, 7) is 3.34. The zero-order valence-corrected chi connectivity index (χ0v) is 19.9. The molecule has 0 amide bonds. The molecule has 10 heteroatoms. The van der Waals surface area contributed by atoms with Gasteiger partial charge in [-0.1, -0.05) is 6.08 Å². The fourth-order valence-corrected chi connectivity index (χ4v) is 3.15. The Kier molecular flexibility index (Phi) is 10.9. The van der Waals surface area contributed by atoms with Crippen LogP contribution in [0.3, 0.4) is 0 Å². The van der Waals surface area contributed by atoms with E-state index in [1.165, 1.54) is 12.1 Å². The Balaban J connectivity index is 2.24. The minimum absolute atomic E-state index is 0.00459. The smallest absolute Gasteiger partial charge is 0.416 e. The van der Waals surface area contributed by atoms with E-state index in [0.717, 1.165) is 12.8 Å². The summed E-state index contributed by atoms with van der Waals surface area (Å²) < 4.78 is 95.0. The molecule has 0 N–H and O–H groups in total. The van der Waals surface area contributed by atoms with Gasteiger partial charge in [-0.2, -0.15) is 26.3 Å². The van der Waals surface area contributed by atoms with Gasteiger partial charge >= 0.3 is 18.3 Å². The first kappa shape index (κ1) is 29.6. The highest BCUT2D eigenvalue weighted by Gasteiger charge is 2.37. The van der Waals surface area contributed by atoms with E-state index in [4.69, 9.17) is 20.6 Å². The Morgan fingerprint density at radius 2 is 1.57 bits per heavy atom. The Morgan fingerprint density at radius 3 is 2.16 bits per heavy atom. The first-order chi connectivity index (χ1) is 17.5. The van der Waals surface area contributed by atoms with Crippen LogP contribution in [0.2, 0.25) is 0 Å². The molecule has 0 fully saturated rings. The van der Waals surface area contributed by atoms with E-state index in [1.807, 2.05) is 0 Å². The maximum Gasteiger partial charge on any atom is 0.416 e. The van der Waals surface area contributed by atoms with Crippen molar-refractivity contribution in [2.24, 2.45) is 0 Å². The average molecular weight is 528 g/mol. The summed E-state index contributed by atoms with van der Waals surface area (Å²) in [5.74, 6) is 1.90. The standard InChI is InChI=1S/C27H26F6O4/c1-3-5-7-9-13-36-24-11-10-22(35-12-8-6-4-2)17-23(24)25(34)37-18-19-14-20(26(28,29)30)16-21(15-19)27(31,32)33/h2-3,10-11,14-17H,1,5-9,12-13,18H2. The van der Waals surface area contributed by atoms with Crippen LogP contribution in [0.4, 0.5) is 26.3 Å². The number of carbonyl (C=O) groups is 1. The van der Waals surface area contributed by atoms with E-state index in [2.05, 4.69) is 12.5 Å². The van der Waals surface area contributed by atoms with Crippen molar-refractivity contribution < 1.29 is 45.3 Å². The highest BCUT2D eigenvalue weighted by molar-refractivity contribution is 5.93. The van der Waals surface area contributed by atoms with Crippen LogP contribution in [0.25, 0.3) is 0 Å². The van der Waals surface area contributed by atoms with E-state index in [0.29, 0.717) is 37.1 Å². The van der Waals surface area contributed by atoms with Crippen LogP contribution >= 0.6 is 0 Å². The van der Waals surface area contributed by atoms with Gasteiger partial charge in [-0.25, -0.2) is 4.79 Å². The maximum atomic E-state index is 13.1. The Hall–Kier alpha value is -3.61. The monoisotopic (exact) mass is 528 g/mol. The topological polar surface area (TPSA) is 44.8 Å². The van der Waals surface area contributed by atoms with Gasteiger partial charge < -0.3 is 14.2 Å². The molecule has 2 aromatic rings.